The largest absolute Gasteiger partial charge is 0.496 e. The fraction of sp³-hybridized carbons (Fsp3) is 0.538. The Morgan fingerprint density at radius 3 is 2.27 bits per heavy atom. The zero-order chi connectivity index (χ0) is 11.6. The van der Waals surface area contributed by atoms with Crippen molar-refractivity contribution in [3.8, 4) is 5.75 Å². The number of aliphatic hydroxyl groups excluding tert-OH is 1. The van der Waals surface area contributed by atoms with Crippen molar-refractivity contribution in [3.63, 3.8) is 0 Å². The van der Waals surface area contributed by atoms with Gasteiger partial charge in [0.1, 0.15) is 5.75 Å². The molecule has 1 aromatic carbocycles. The van der Waals surface area contributed by atoms with Crippen LogP contribution in [0.15, 0.2) is 12.1 Å². The number of aryl methyl sites for hydroxylation is 2. The molecule has 0 heterocycles. The first kappa shape index (κ1) is 12.1. The van der Waals surface area contributed by atoms with Crippen LogP contribution < -0.4 is 4.74 Å². The predicted octanol–water partition coefficient (Wildman–Crippen LogP) is 2.80. The van der Waals surface area contributed by atoms with Crippen LogP contribution in [0.25, 0.3) is 0 Å². The van der Waals surface area contributed by atoms with Gasteiger partial charge in [-0.25, -0.2) is 0 Å². The minimum Gasteiger partial charge on any atom is -0.496 e. The summed E-state index contributed by atoms with van der Waals surface area (Å²) in [6.07, 6.45) is -0.361. The van der Waals surface area contributed by atoms with Gasteiger partial charge in [0, 0.05) is 11.5 Å². The molecule has 1 rings (SSSR count). The Hall–Kier alpha value is -1.02. The SMILES string of the molecule is COc1cc(C)cc(C)c1C(C)C(C)O. The van der Waals surface area contributed by atoms with Gasteiger partial charge in [0.05, 0.1) is 13.2 Å². The lowest BCUT2D eigenvalue weighted by Gasteiger charge is -2.21. The average Bonchev–Trinajstić information content (AvgIpc) is 2.15. The summed E-state index contributed by atoms with van der Waals surface area (Å²) >= 11 is 0. The van der Waals surface area contributed by atoms with Crippen LogP contribution in [0.4, 0.5) is 0 Å². The maximum absolute atomic E-state index is 9.63. The molecule has 0 fully saturated rings. The summed E-state index contributed by atoms with van der Waals surface area (Å²) in [4.78, 5) is 0. The summed E-state index contributed by atoms with van der Waals surface area (Å²) in [5.41, 5.74) is 3.48. The number of hydrogen-bond acceptors (Lipinski definition) is 2. The highest BCUT2D eigenvalue weighted by atomic mass is 16.5. The van der Waals surface area contributed by atoms with Gasteiger partial charge in [0.15, 0.2) is 0 Å². The summed E-state index contributed by atoms with van der Waals surface area (Å²) in [7, 11) is 1.67. The Morgan fingerprint density at radius 1 is 1.20 bits per heavy atom. The predicted molar refractivity (Wildman–Crippen MR) is 62.6 cm³/mol. The van der Waals surface area contributed by atoms with Crippen molar-refractivity contribution < 1.29 is 9.84 Å². The van der Waals surface area contributed by atoms with E-state index in [2.05, 4.69) is 13.0 Å². The molecule has 15 heavy (non-hydrogen) atoms. The van der Waals surface area contributed by atoms with E-state index >= 15 is 0 Å². The lowest BCUT2D eigenvalue weighted by molar-refractivity contribution is 0.167. The fourth-order valence-corrected chi connectivity index (χ4v) is 1.93. The van der Waals surface area contributed by atoms with E-state index in [1.807, 2.05) is 26.8 Å². The summed E-state index contributed by atoms with van der Waals surface area (Å²) in [6.45, 7) is 7.93. The molecule has 2 unspecified atom stereocenters. The topological polar surface area (TPSA) is 29.5 Å². The summed E-state index contributed by atoms with van der Waals surface area (Å²) in [5.74, 6) is 0.974. The molecular formula is C13H20O2. The molecule has 0 aromatic heterocycles. The third-order valence-corrected chi connectivity index (χ3v) is 2.89. The lowest BCUT2D eigenvalue weighted by atomic mass is 9.90. The first-order chi connectivity index (χ1) is 6.97. The second-order valence-electron chi connectivity index (χ2n) is 4.23. The Kier molecular flexibility index (Phi) is 3.75. The molecule has 2 heteroatoms. The highest BCUT2D eigenvalue weighted by Gasteiger charge is 2.18. The van der Waals surface area contributed by atoms with E-state index < -0.39 is 0 Å². The van der Waals surface area contributed by atoms with Gasteiger partial charge in [-0.15, -0.1) is 0 Å². The molecule has 2 nitrogen and oxygen atoms in total. The van der Waals surface area contributed by atoms with Crippen LogP contribution >= 0.6 is 0 Å². The van der Waals surface area contributed by atoms with Gasteiger partial charge in [0.25, 0.3) is 0 Å². The number of methoxy groups -OCH3 is 1. The van der Waals surface area contributed by atoms with Crippen LogP contribution in [0.2, 0.25) is 0 Å². The van der Waals surface area contributed by atoms with Crippen LogP contribution in [-0.2, 0) is 0 Å². The molecule has 0 spiro atoms. The second kappa shape index (κ2) is 4.67. The van der Waals surface area contributed by atoms with Crippen molar-refractivity contribution >= 4 is 0 Å². The Bertz CT molecular complexity index is 343. The average molecular weight is 208 g/mol. The van der Waals surface area contributed by atoms with Crippen molar-refractivity contribution in [1.82, 2.24) is 0 Å². The quantitative estimate of drug-likeness (QED) is 0.827. The van der Waals surface area contributed by atoms with E-state index in [0.717, 1.165) is 11.3 Å². The number of aliphatic hydroxyl groups is 1. The fourth-order valence-electron chi connectivity index (χ4n) is 1.93. The van der Waals surface area contributed by atoms with Gasteiger partial charge in [-0.05, 0) is 38.0 Å². The molecule has 0 saturated heterocycles. The van der Waals surface area contributed by atoms with E-state index in [9.17, 15) is 5.11 Å². The smallest absolute Gasteiger partial charge is 0.122 e. The van der Waals surface area contributed by atoms with Crippen LogP contribution in [0.3, 0.4) is 0 Å². The zero-order valence-electron chi connectivity index (χ0n) is 10.2. The van der Waals surface area contributed by atoms with E-state index in [-0.39, 0.29) is 12.0 Å². The molecular weight excluding hydrogens is 188 g/mol. The van der Waals surface area contributed by atoms with Crippen molar-refractivity contribution in [1.29, 1.82) is 0 Å². The molecule has 0 amide bonds. The normalized spacial score (nSPS) is 14.8. The monoisotopic (exact) mass is 208 g/mol. The third kappa shape index (κ3) is 2.51. The van der Waals surface area contributed by atoms with Gasteiger partial charge in [-0.1, -0.05) is 13.0 Å². The van der Waals surface area contributed by atoms with E-state index in [1.165, 1.54) is 11.1 Å². The minimum atomic E-state index is -0.361. The van der Waals surface area contributed by atoms with Crippen LogP contribution in [0.5, 0.6) is 5.75 Å². The van der Waals surface area contributed by atoms with Crippen LogP contribution in [0, 0.1) is 13.8 Å². The molecule has 1 N–H and O–H groups in total. The van der Waals surface area contributed by atoms with Gasteiger partial charge >= 0.3 is 0 Å². The van der Waals surface area contributed by atoms with Crippen molar-refractivity contribution in [2.45, 2.75) is 39.7 Å². The first-order valence-corrected chi connectivity index (χ1v) is 5.30. The van der Waals surface area contributed by atoms with Crippen molar-refractivity contribution in [3.05, 3.63) is 28.8 Å². The van der Waals surface area contributed by atoms with Gasteiger partial charge in [0.2, 0.25) is 0 Å². The zero-order valence-corrected chi connectivity index (χ0v) is 10.2. The maximum Gasteiger partial charge on any atom is 0.122 e. The summed E-state index contributed by atoms with van der Waals surface area (Å²) in [5, 5.41) is 9.63. The first-order valence-electron chi connectivity index (χ1n) is 5.30. The molecule has 0 aliphatic rings. The Labute approximate surface area is 91.9 Å². The van der Waals surface area contributed by atoms with Crippen molar-refractivity contribution in [2.24, 2.45) is 0 Å². The van der Waals surface area contributed by atoms with Crippen molar-refractivity contribution in [2.75, 3.05) is 7.11 Å². The molecule has 0 bridgehead atoms. The second-order valence-corrected chi connectivity index (χ2v) is 4.23. The number of benzene rings is 1. The highest BCUT2D eigenvalue weighted by molar-refractivity contribution is 5.45. The number of rotatable bonds is 3. The van der Waals surface area contributed by atoms with E-state index in [4.69, 9.17) is 4.74 Å². The van der Waals surface area contributed by atoms with Gasteiger partial charge in [-0.2, -0.15) is 0 Å². The number of hydrogen-bond donors (Lipinski definition) is 1. The molecule has 0 aliphatic heterocycles. The van der Waals surface area contributed by atoms with Crippen LogP contribution in [-0.4, -0.2) is 18.3 Å². The van der Waals surface area contributed by atoms with Gasteiger partial charge < -0.3 is 9.84 Å². The standard InChI is InChI=1S/C13H20O2/c1-8-6-9(2)13(10(3)11(4)14)12(7-8)15-5/h6-7,10-11,14H,1-5H3. The third-order valence-electron chi connectivity index (χ3n) is 2.89. The molecule has 84 valence electrons. The van der Waals surface area contributed by atoms with E-state index in [1.54, 1.807) is 7.11 Å². The Balaban J connectivity index is 3.26. The lowest BCUT2D eigenvalue weighted by Crippen LogP contribution is -2.13. The minimum absolute atomic E-state index is 0.0977. The molecule has 1 aromatic rings. The maximum atomic E-state index is 9.63. The highest BCUT2D eigenvalue weighted by Crippen LogP contribution is 2.32. The van der Waals surface area contributed by atoms with E-state index in [0.29, 0.717) is 0 Å². The molecule has 0 radical (unpaired) electrons. The summed E-state index contributed by atoms with van der Waals surface area (Å²) in [6, 6.07) is 4.14. The number of ether oxygens (including phenoxy) is 1. The Morgan fingerprint density at radius 2 is 1.80 bits per heavy atom. The molecule has 0 aliphatic carbocycles. The molecule has 2 atom stereocenters. The van der Waals surface area contributed by atoms with Crippen LogP contribution in [0.1, 0.15) is 36.5 Å². The summed E-state index contributed by atoms with van der Waals surface area (Å²) < 4.78 is 5.37. The van der Waals surface area contributed by atoms with Gasteiger partial charge in [-0.3, -0.25) is 0 Å². The molecule has 0 saturated carbocycles.